The van der Waals surface area contributed by atoms with Crippen LogP contribution >= 0.6 is 11.6 Å². The summed E-state index contributed by atoms with van der Waals surface area (Å²) in [5.41, 5.74) is 10.2. The minimum Gasteiger partial charge on any atom is -0.449 e. The average molecular weight is 440 g/mol. The van der Waals surface area contributed by atoms with Gasteiger partial charge in [0.2, 0.25) is 0 Å². The number of nitrogens with two attached hydrogens (primary N) is 1. The van der Waals surface area contributed by atoms with E-state index in [1.807, 2.05) is 36.4 Å². The number of pyridine rings is 1. The van der Waals surface area contributed by atoms with E-state index in [4.69, 9.17) is 22.1 Å². The molecule has 0 saturated carbocycles. The molecule has 1 aliphatic carbocycles. The monoisotopic (exact) mass is 439 g/mol. The fourth-order valence-electron chi connectivity index (χ4n) is 3.83. The smallest absolute Gasteiger partial charge is 0.407 e. The van der Waals surface area contributed by atoms with Crippen LogP contribution in [0.15, 0.2) is 60.8 Å². The van der Waals surface area contributed by atoms with Crippen molar-refractivity contribution < 1.29 is 19.7 Å². The number of carbonyl (C=O) groups is 1. The molecule has 0 spiro atoms. The summed E-state index contributed by atoms with van der Waals surface area (Å²) in [5, 5.41) is 23.2. The first kappa shape index (κ1) is 21.1. The summed E-state index contributed by atoms with van der Waals surface area (Å²) in [6.45, 7) is -0.0647. The van der Waals surface area contributed by atoms with Gasteiger partial charge in [-0.05, 0) is 28.3 Å². The van der Waals surface area contributed by atoms with Gasteiger partial charge in [-0.3, -0.25) is 0 Å². The molecule has 31 heavy (non-hydrogen) atoms. The third kappa shape index (κ3) is 4.34. The van der Waals surface area contributed by atoms with Crippen molar-refractivity contribution in [3.63, 3.8) is 0 Å². The molecule has 1 aliphatic rings. The lowest BCUT2D eigenvalue weighted by molar-refractivity contribution is 0.0184. The maximum Gasteiger partial charge on any atom is 0.407 e. The van der Waals surface area contributed by atoms with Gasteiger partial charge in [-0.1, -0.05) is 60.1 Å². The number of benzene rings is 2. The number of ether oxygens (including phenoxy) is 1. The Hall–Kier alpha value is -3.13. The number of alkyl carbamates (subject to hydrolysis) is 1. The molecule has 0 saturated heterocycles. The second-order valence-electron chi connectivity index (χ2n) is 7.35. The van der Waals surface area contributed by atoms with Crippen LogP contribution in [0.4, 0.5) is 10.6 Å². The third-order valence-electron chi connectivity index (χ3n) is 5.39. The lowest BCUT2D eigenvalue weighted by Gasteiger charge is -2.20. The van der Waals surface area contributed by atoms with Crippen LogP contribution in [-0.2, 0) is 4.74 Å². The zero-order chi connectivity index (χ0) is 22.0. The number of nitrogens with one attached hydrogen (secondary N) is 1. The molecular weight excluding hydrogens is 418 g/mol. The fourth-order valence-corrected chi connectivity index (χ4v) is 4.10. The van der Waals surface area contributed by atoms with E-state index in [1.165, 1.54) is 12.3 Å². The molecule has 2 atom stereocenters. The van der Waals surface area contributed by atoms with Crippen LogP contribution in [0.3, 0.4) is 0 Å². The Bertz CT molecular complexity index is 1060. The number of amides is 1. The summed E-state index contributed by atoms with van der Waals surface area (Å²) in [6, 6.07) is 17.5. The van der Waals surface area contributed by atoms with Crippen LogP contribution in [-0.4, -0.2) is 40.5 Å². The molecule has 4 rings (SSSR count). The minimum atomic E-state index is -1.34. The van der Waals surface area contributed by atoms with Crippen LogP contribution < -0.4 is 11.1 Å². The number of hydrogen-bond acceptors (Lipinski definition) is 6. The first-order valence-electron chi connectivity index (χ1n) is 9.81. The maximum absolute atomic E-state index is 12.2. The number of anilines is 1. The van der Waals surface area contributed by atoms with E-state index in [9.17, 15) is 15.0 Å². The molecule has 0 radical (unpaired) electrons. The number of rotatable bonds is 6. The Labute approximate surface area is 184 Å². The number of aliphatic hydroxyl groups is 2. The molecule has 0 fully saturated rings. The fraction of sp³-hybridized carbons (Fsp3) is 0.217. The molecule has 1 aromatic heterocycles. The molecule has 2 aromatic carbocycles. The standard InChI is InChI=1S/C23H22ClN3O4/c24-19-9-21(25)26-10-17(19)22(29)20(28)11-27-23(30)31-12-18-15-7-3-1-5-13(15)14-6-2-4-8-16(14)18/h1-10,18,20,22,28-29H,11-12H2,(H2,25,26)(H,27,30). The van der Waals surface area contributed by atoms with E-state index in [1.54, 1.807) is 0 Å². The molecule has 0 aliphatic heterocycles. The second-order valence-corrected chi connectivity index (χ2v) is 7.76. The van der Waals surface area contributed by atoms with Crippen molar-refractivity contribution in [2.24, 2.45) is 0 Å². The van der Waals surface area contributed by atoms with Crippen molar-refractivity contribution in [3.05, 3.63) is 82.5 Å². The Balaban J connectivity index is 1.35. The SMILES string of the molecule is Nc1cc(Cl)c(C(O)C(O)CNC(=O)OCC2c3ccccc3-c3ccccc32)cn1. The quantitative estimate of drug-likeness (QED) is 0.468. The Morgan fingerprint density at radius 3 is 2.35 bits per heavy atom. The molecule has 8 heteroatoms. The van der Waals surface area contributed by atoms with Gasteiger partial charge >= 0.3 is 6.09 Å². The van der Waals surface area contributed by atoms with Crippen molar-refractivity contribution in [2.75, 3.05) is 18.9 Å². The maximum atomic E-state index is 12.2. The molecule has 160 valence electrons. The van der Waals surface area contributed by atoms with Crippen LogP contribution in [0.2, 0.25) is 5.02 Å². The van der Waals surface area contributed by atoms with E-state index in [2.05, 4.69) is 22.4 Å². The van der Waals surface area contributed by atoms with E-state index < -0.39 is 18.3 Å². The van der Waals surface area contributed by atoms with Gasteiger partial charge in [0, 0.05) is 24.2 Å². The topological polar surface area (TPSA) is 118 Å². The molecule has 1 amide bonds. The summed E-state index contributed by atoms with van der Waals surface area (Å²) < 4.78 is 5.42. The number of aromatic nitrogens is 1. The summed E-state index contributed by atoms with van der Waals surface area (Å²) in [4.78, 5) is 16.1. The van der Waals surface area contributed by atoms with Gasteiger partial charge in [-0.25, -0.2) is 9.78 Å². The highest BCUT2D eigenvalue weighted by atomic mass is 35.5. The lowest BCUT2D eigenvalue weighted by Crippen LogP contribution is -2.36. The van der Waals surface area contributed by atoms with Crippen LogP contribution in [0.25, 0.3) is 11.1 Å². The summed E-state index contributed by atoms with van der Waals surface area (Å²) >= 11 is 6.03. The Kier molecular flexibility index (Phi) is 6.08. The van der Waals surface area contributed by atoms with Gasteiger partial charge in [0.15, 0.2) is 0 Å². The van der Waals surface area contributed by atoms with E-state index in [-0.39, 0.29) is 35.5 Å². The first-order valence-corrected chi connectivity index (χ1v) is 10.2. The van der Waals surface area contributed by atoms with Gasteiger partial charge in [0.1, 0.15) is 24.6 Å². The normalized spacial score (nSPS) is 14.4. The van der Waals surface area contributed by atoms with Crippen LogP contribution in [0.5, 0.6) is 0 Å². The largest absolute Gasteiger partial charge is 0.449 e. The highest BCUT2D eigenvalue weighted by Gasteiger charge is 2.29. The van der Waals surface area contributed by atoms with Crippen LogP contribution in [0.1, 0.15) is 28.7 Å². The summed E-state index contributed by atoms with van der Waals surface area (Å²) in [7, 11) is 0. The van der Waals surface area contributed by atoms with Gasteiger partial charge in [0.05, 0.1) is 5.02 Å². The average Bonchev–Trinajstić information content (AvgIpc) is 3.09. The predicted octanol–water partition coefficient (Wildman–Crippen LogP) is 3.25. The highest BCUT2D eigenvalue weighted by Crippen LogP contribution is 2.44. The van der Waals surface area contributed by atoms with E-state index in [0.29, 0.717) is 0 Å². The van der Waals surface area contributed by atoms with Crippen molar-refractivity contribution in [1.29, 1.82) is 0 Å². The summed E-state index contributed by atoms with van der Waals surface area (Å²) in [5.74, 6) is 0.139. The molecule has 7 nitrogen and oxygen atoms in total. The number of halogens is 1. The highest BCUT2D eigenvalue weighted by molar-refractivity contribution is 6.31. The van der Waals surface area contributed by atoms with E-state index in [0.717, 1.165) is 22.3 Å². The zero-order valence-corrected chi connectivity index (χ0v) is 17.3. The van der Waals surface area contributed by atoms with Crippen molar-refractivity contribution in [2.45, 2.75) is 18.1 Å². The minimum absolute atomic E-state index is 0.0617. The molecule has 5 N–H and O–H groups in total. The zero-order valence-electron chi connectivity index (χ0n) is 16.5. The van der Waals surface area contributed by atoms with Gasteiger partial charge in [-0.15, -0.1) is 0 Å². The number of nitrogen functional groups attached to an aromatic ring is 1. The van der Waals surface area contributed by atoms with Gasteiger partial charge in [0.25, 0.3) is 0 Å². The van der Waals surface area contributed by atoms with Crippen LogP contribution in [0, 0.1) is 0 Å². The molecule has 0 bridgehead atoms. The second kappa shape index (κ2) is 8.93. The van der Waals surface area contributed by atoms with E-state index >= 15 is 0 Å². The van der Waals surface area contributed by atoms with Crippen molar-refractivity contribution >= 4 is 23.5 Å². The number of carbonyl (C=O) groups excluding carboxylic acids is 1. The number of nitrogens with zero attached hydrogens (tertiary/aromatic N) is 1. The molecule has 1 heterocycles. The van der Waals surface area contributed by atoms with Gasteiger partial charge < -0.3 is 26.0 Å². The lowest BCUT2D eigenvalue weighted by atomic mass is 9.98. The molecule has 2 unspecified atom stereocenters. The van der Waals surface area contributed by atoms with Gasteiger partial charge in [-0.2, -0.15) is 0 Å². The Morgan fingerprint density at radius 1 is 1.13 bits per heavy atom. The number of fused-ring (bicyclic) bond motifs is 3. The van der Waals surface area contributed by atoms with Crippen molar-refractivity contribution in [1.82, 2.24) is 10.3 Å². The predicted molar refractivity (Wildman–Crippen MR) is 118 cm³/mol. The Morgan fingerprint density at radius 2 is 1.74 bits per heavy atom. The first-order chi connectivity index (χ1) is 15.0. The van der Waals surface area contributed by atoms with Crippen molar-refractivity contribution in [3.8, 4) is 11.1 Å². The number of hydrogen-bond donors (Lipinski definition) is 4. The summed E-state index contributed by atoms with van der Waals surface area (Å²) in [6.07, 6.45) is -2.04. The number of aliphatic hydroxyl groups excluding tert-OH is 2. The molecule has 3 aromatic rings. The third-order valence-corrected chi connectivity index (χ3v) is 5.71. The molecular formula is C23H22ClN3O4.